The van der Waals surface area contributed by atoms with Crippen LogP contribution >= 0.6 is 11.6 Å². The van der Waals surface area contributed by atoms with Crippen molar-refractivity contribution in [3.05, 3.63) is 45.2 Å². The van der Waals surface area contributed by atoms with E-state index in [1.54, 1.807) is 17.8 Å². The smallest absolute Gasteiger partial charge is 0.275 e. The van der Waals surface area contributed by atoms with Crippen LogP contribution < -0.4 is 10.1 Å². The lowest BCUT2D eigenvalue weighted by Gasteiger charge is -2.07. The number of carbonyl (C=O) groups excluding carboxylic acids is 1. The molecule has 1 aromatic carbocycles. The molecule has 0 aliphatic heterocycles. The van der Waals surface area contributed by atoms with E-state index in [-0.39, 0.29) is 18.0 Å². The van der Waals surface area contributed by atoms with Crippen LogP contribution in [0.3, 0.4) is 0 Å². The fourth-order valence-corrected chi connectivity index (χ4v) is 2.08. The Hall–Kier alpha value is -2.61. The molecule has 0 saturated heterocycles. The summed E-state index contributed by atoms with van der Waals surface area (Å²) in [7, 11) is 1.40. The van der Waals surface area contributed by atoms with Crippen molar-refractivity contribution in [2.45, 2.75) is 19.9 Å². The summed E-state index contributed by atoms with van der Waals surface area (Å²) in [5, 5.41) is 18.2. The van der Waals surface area contributed by atoms with E-state index in [4.69, 9.17) is 16.3 Å². The maximum Gasteiger partial charge on any atom is 0.275 e. The van der Waals surface area contributed by atoms with E-state index in [0.29, 0.717) is 28.7 Å². The fourth-order valence-electron chi connectivity index (χ4n) is 1.93. The average Bonchev–Trinajstić information content (AvgIpc) is 2.83. The zero-order chi connectivity index (χ0) is 17.0. The number of benzene rings is 1. The normalized spacial score (nSPS) is 10.4. The van der Waals surface area contributed by atoms with E-state index in [1.165, 1.54) is 25.3 Å². The first-order valence-electron chi connectivity index (χ1n) is 6.72. The number of rotatable bonds is 6. The molecule has 0 aliphatic rings. The SMILES string of the molecule is COc1cc(NC(=O)CCn2cc(Cl)c(C)n2)cc([N+](=O)[O-])c1. The number of hydrogen-bond acceptors (Lipinski definition) is 5. The van der Waals surface area contributed by atoms with Crippen molar-refractivity contribution in [2.75, 3.05) is 12.4 Å². The van der Waals surface area contributed by atoms with E-state index >= 15 is 0 Å². The first kappa shape index (κ1) is 16.8. The van der Waals surface area contributed by atoms with Gasteiger partial charge in [0.25, 0.3) is 5.69 Å². The highest BCUT2D eigenvalue weighted by Gasteiger charge is 2.12. The number of carbonyl (C=O) groups is 1. The monoisotopic (exact) mass is 338 g/mol. The van der Waals surface area contributed by atoms with Crippen molar-refractivity contribution in [1.82, 2.24) is 9.78 Å². The molecule has 1 heterocycles. The van der Waals surface area contributed by atoms with Crippen molar-refractivity contribution in [2.24, 2.45) is 0 Å². The summed E-state index contributed by atoms with van der Waals surface area (Å²) in [6.07, 6.45) is 1.79. The Morgan fingerprint density at radius 3 is 2.78 bits per heavy atom. The first-order chi connectivity index (χ1) is 10.9. The van der Waals surface area contributed by atoms with Crippen molar-refractivity contribution in [1.29, 1.82) is 0 Å². The summed E-state index contributed by atoms with van der Waals surface area (Å²) in [6.45, 7) is 2.12. The molecule has 0 saturated carbocycles. The van der Waals surface area contributed by atoms with Crippen LogP contribution in [0.15, 0.2) is 24.4 Å². The highest BCUT2D eigenvalue weighted by molar-refractivity contribution is 6.31. The molecule has 0 bridgehead atoms. The lowest BCUT2D eigenvalue weighted by Crippen LogP contribution is -2.15. The Kier molecular flexibility index (Phi) is 5.17. The third-order valence-electron chi connectivity index (χ3n) is 3.08. The van der Waals surface area contributed by atoms with Gasteiger partial charge in [0, 0.05) is 31.3 Å². The maximum absolute atomic E-state index is 12.0. The molecule has 0 radical (unpaired) electrons. The Labute approximate surface area is 137 Å². The van der Waals surface area contributed by atoms with Crippen LogP contribution in [0.4, 0.5) is 11.4 Å². The molecule has 0 spiro atoms. The average molecular weight is 339 g/mol. The largest absolute Gasteiger partial charge is 0.496 e. The summed E-state index contributed by atoms with van der Waals surface area (Å²) in [6, 6.07) is 4.07. The van der Waals surface area contributed by atoms with Gasteiger partial charge in [0.15, 0.2) is 0 Å². The molecule has 8 nitrogen and oxygen atoms in total. The fraction of sp³-hybridized carbons (Fsp3) is 0.286. The number of methoxy groups -OCH3 is 1. The minimum Gasteiger partial charge on any atom is -0.496 e. The zero-order valence-electron chi connectivity index (χ0n) is 12.6. The summed E-state index contributed by atoms with van der Waals surface area (Å²) in [5.41, 5.74) is 0.834. The number of halogens is 1. The molecule has 122 valence electrons. The van der Waals surface area contributed by atoms with Crippen molar-refractivity contribution in [3.8, 4) is 5.75 Å². The third kappa shape index (κ3) is 4.43. The minimum atomic E-state index is -0.549. The van der Waals surface area contributed by atoms with E-state index < -0.39 is 4.92 Å². The molecular formula is C14H15ClN4O4. The van der Waals surface area contributed by atoms with Crippen LogP contribution in [0.2, 0.25) is 5.02 Å². The third-order valence-corrected chi connectivity index (χ3v) is 3.45. The summed E-state index contributed by atoms with van der Waals surface area (Å²) in [4.78, 5) is 22.3. The van der Waals surface area contributed by atoms with Crippen molar-refractivity contribution >= 4 is 28.9 Å². The maximum atomic E-state index is 12.0. The number of nitrogens with zero attached hydrogens (tertiary/aromatic N) is 3. The van der Waals surface area contributed by atoms with Crippen LogP contribution in [0.25, 0.3) is 0 Å². The first-order valence-corrected chi connectivity index (χ1v) is 7.09. The Bertz CT molecular complexity index is 725. The van der Waals surface area contributed by atoms with E-state index in [0.717, 1.165) is 0 Å². The van der Waals surface area contributed by atoms with Gasteiger partial charge in [0.1, 0.15) is 5.75 Å². The number of amides is 1. The highest BCUT2D eigenvalue weighted by atomic mass is 35.5. The number of non-ortho nitro benzene ring substituents is 1. The second-order valence-corrected chi connectivity index (χ2v) is 5.21. The Balaban J connectivity index is 2.02. The Morgan fingerprint density at radius 2 is 2.22 bits per heavy atom. The second-order valence-electron chi connectivity index (χ2n) is 4.80. The van der Waals surface area contributed by atoms with Crippen LogP contribution in [-0.2, 0) is 11.3 Å². The molecule has 0 unspecified atom stereocenters. The van der Waals surface area contributed by atoms with Gasteiger partial charge in [-0.15, -0.1) is 0 Å². The lowest BCUT2D eigenvalue weighted by atomic mass is 10.2. The molecule has 1 N–H and O–H groups in total. The summed E-state index contributed by atoms with van der Waals surface area (Å²) in [5.74, 6) is 0.000749. The van der Waals surface area contributed by atoms with Gasteiger partial charge < -0.3 is 10.1 Å². The molecule has 0 atom stereocenters. The van der Waals surface area contributed by atoms with Gasteiger partial charge in [-0.2, -0.15) is 5.10 Å². The van der Waals surface area contributed by atoms with Gasteiger partial charge in [-0.25, -0.2) is 0 Å². The molecule has 1 amide bonds. The van der Waals surface area contributed by atoms with Gasteiger partial charge in [-0.3, -0.25) is 19.6 Å². The van der Waals surface area contributed by atoms with E-state index in [1.807, 2.05) is 0 Å². The highest BCUT2D eigenvalue weighted by Crippen LogP contribution is 2.25. The summed E-state index contributed by atoms with van der Waals surface area (Å²) < 4.78 is 6.56. The van der Waals surface area contributed by atoms with Gasteiger partial charge in [-0.05, 0) is 6.92 Å². The summed E-state index contributed by atoms with van der Waals surface area (Å²) >= 11 is 5.89. The molecule has 2 rings (SSSR count). The molecule has 0 fully saturated rings. The van der Waals surface area contributed by atoms with Crippen LogP contribution in [0, 0.1) is 17.0 Å². The molecule has 0 aliphatic carbocycles. The number of nitro benzene ring substituents is 1. The standard InChI is InChI=1S/C14H15ClN4O4/c1-9-13(15)8-18(17-9)4-3-14(20)16-10-5-11(19(21)22)7-12(6-10)23-2/h5-8H,3-4H2,1-2H3,(H,16,20). The number of anilines is 1. The number of aromatic nitrogens is 2. The number of aryl methyl sites for hydroxylation is 2. The number of nitrogens with one attached hydrogen (secondary N) is 1. The molecule has 1 aromatic heterocycles. The predicted molar refractivity (Wildman–Crippen MR) is 84.9 cm³/mol. The van der Waals surface area contributed by atoms with Crippen molar-refractivity contribution < 1.29 is 14.5 Å². The van der Waals surface area contributed by atoms with Crippen molar-refractivity contribution in [3.63, 3.8) is 0 Å². The number of hydrogen-bond donors (Lipinski definition) is 1. The van der Waals surface area contributed by atoms with E-state index in [2.05, 4.69) is 10.4 Å². The minimum absolute atomic E-state index is 0.155. The topological polar surface area (TPSA) is 99.3 Å². The van der Waals surface area contributed by atoms with Gasteiger partial charge in [0.2, 0.25) is 5.91 Å². The quantitative estimate of drug-likeness (QED) is 0.645. The van der Waals surface area contributed by atoms with E-state index in [9.17, 15) is 14.9 Å². The van der Waals surface area contributed by atoms with Gasteiger partial charge >= 0.3 is 0 Å². The molecule has 9 heteroatoms. The molecule has 2 aromatic rings. The number of ether oxygens (including phenoxy) is 1. The van der Waals surface area contributed by atoms with Crippen LogP contribution in [-0.4, -0.2) is 27.7 Å². The lowest BCUT2D eigenvalue weighted by molar-refractivity contribution is -0.384. The predicted octanol–water partition coefficient (Wildman–Crippen LogP) is 2.79. The van der Waals surface area contributed by atoms with Gasteiger partial charge in [0.05, 0.1) is 34.5 Å². The van der Waals surface area contributed by atoms with Crippen LogP contribution in [0.1, 0.15) is 12.1 Å². The zero-order valence-corrected chi connectivity index (χ0v) is 13.3. The number of nitro groups is 1. The molecular weight excluding hydrogens is 324 g/mol. The Morgan fingerprint density at radius 1 is 1.48 bits per heavy atom. The van der Waals surface area contributed by atoms with Gasteiger partial charge in [-0.1, -0.05) is 11.6 Å². The van der Waals surface area contributed by atoms with Crippen LogP contribution in [0.5, 0.6) is 5.75 Å². The second kappa shape index (κ2) is 7.10. The molecule has 23 heavy (non-hydrogen) atoms.